The number of hydrogen-bond acceptors (Lipinski definition) is 4. The monoisotopic (exact) mass is 307 g/mol. The zero-order chi connectivity index (χ0) is 16.3. The minimum absolute atomic E-state index is 0.159. The number of carbonyl (C=O) groups is 2. The summed E-state index contributed by atoms with van der Waals surface area (Å²) in [5, 5.41) is 9.21. The Hall–Kier alpha value is -2.24. The van der Waals surface area contributed by atoms with E-state index in [-0.39, 0.29) is 18.4 Å². The third-order valence-electron chi connectivity index (χ3n) is 3.89. The van der Waals surface area contributed by atoms with E-state index in [1.807, 2.05) is 6.92 Å². The third kappa shape index (κ3) is 3.50. The smallest absolute Gasteiger partial charge is 0.308 e. The van der Waals surface area contributed by atoms with Crippen LogP contribution in [-0.4, -0.2) is 49.2 Å². The molecule has 1 heterocycles. The van der Waals surface area contributed by atoms with Gasteiger partial charge in [0.05, 0.1) is 20.1 Å². The highest BCUT2D eigenvalue weighted by molar-refractivity contribution is 5.95. The molecule has 1 fully saturated rings. The van der Waals surface area contributed by atoms with Crippen LogP contribution in [-0.2, 0) is 4.79 Å². The molecule has 0 aliphatic carbocycles. The number of piperidine rings is 1. The number of carboxylic acids is 1. The molecule has 120 valence electrons. The van der Waals surface area contributed by atoms with Gasteiger partial charge < -0.3 is 19.5 Å². The zero-order valence-corrected chi connectivity index (χ0v) is 13.0. The lowest BCUT2D eigenvalue weighted by Crippen LogP contribution is -2.45. The van der Waals surface area contributed by atoms with E-state index in [1.165, 1.54) is 14.2 Å². The Morgan fingerprint density at radius 2 is 1.73 bits per heavy atom. The fourth-order valence-electron chi connectivity index (χ4n) is 2.81. The van der Waals surface area contributed by atoms with Crippen molar-refractivity contribution in [1.29, 1.82) is 0 Å². The van der Waals surface area contributed by atoms with Gasteiger partial charge in [-0.3, -0.25) is 9.59 Å². The number of nitrogens with zero attached hydrogens (tertiary/aromatic N) is 1. The predicted octanol–water partition coefficient (Wildman–Crippen LogP) is 1.89. The van der Waals surface area contributed by atoms with Crippen molar-refractivity contribution in [2.24, 2.45) is 11.8 Å². The summed E-state index contributed by atoms with van der Waals surface area (Å²) in [5.41, 5.74) is 0.439. The molecule has 0 bridgehead atoms. The van der Waals surface area contributed by atoms with Crippen LogP contribution in [0.25, 0.3) is 0 Å². The molecule has 6 heteroatoms. The summed E-state index contributed by atoms with van der Waals surface area (Å²) in [6, 6.07) is 4.97. The van der Waals surface area contributed by atoms with Crippen LogP contribution in [0.3, 0.4) is 0 Å². The molecule has 1 saturated heterocycles. The van der Waals surface area contributed by atoms with Gasteiger partial charge in [0, 0.05) is 24.7 Å². The number of hydrogen-bond donors (Lipinski definition) is 1. The topological polar surface area (TPSA) is 76.1 Å². The lowest BCUT2D eigenvalue weighted by atomic mass is 9.90. The van der Waals surface area contributed by atoms with Crippen molar-refractivity contribution >= 4 is 11.9 Å². The average molecular weight is 307 g/mol. The molecule has 1 N–H and O–H groups in total. The first-order chi connectivity index (χ1) is 10.4. The van der Waals surface area contributed by atoms with E-state index >= 15 is 0 Å². The van der Waals surface area contributed by atoms with E-state index in [0.717, 1.165) is 0 Å². The molecular formula is C16H21NO5. The van der Waals surface area contributed by atoms with Crippen LogP contribution in [0.2, 0.25) is 0 Å². The standard InChI is InChI=1S/C16H21NO5/c1-10-4-12(16(19)20)9-17(8-10)15(18)11-5-13(21-2)7-14(6-11)22-3/h5-7,10,12H,4,8-9H2,1-3H3,(H,19,20). The molecule has 1 amide bonds. The lowest BCUT2D eigenvalue weighted by Gasteiger charge is -2.34. The number of carbonyl (C=O) groups excluding carboxylic acids is 1. The van der Waals surface area contributed by atoms with Gasteiger partial charge in [0.25, 0.3) is 5.91 Å². The molecule has 2 atom stereocenters. The largest absolute Gasteiger partial charge is 0.497 e. The Morgan fingerprint density at radius 3 is 2.23 bits per heavy atom. The van der Waals surface area contributed by atoms with Crippen LogP contribution >= 0.6 is 0 Å². The first-order valence-corrected chi connectivity index (χ1v) is 7.19. The second-order valence-corrected chi connectivity index (χ2v) is 5.69. The maximum absolute atomic E-state index is 12.7. The predicted molar refractivity (Wildman–Crippen MR) is 80.4 cm³/mol. The molecule has 1 aliphatic heterocycles. The van der Waals surface area contributed by atoms with Gasteiger partial charge >= 0.3 is 5.97 Å². The number of methoxy groups -OCH3 is 2. The van der Waals surface area contributed by atoms with Crippen LogP contribution in [0.15, 0.2) is 18.2 Å². The Labute approximate surface area is 129 Å². The first kappa shape index (κ1) is 16.1. The van der Waals surface area contributed by atoms with Gasteiger partial charge in [-0.25, -0.2) is 0 Å². The maximum atomic E-state index is 12.7. The summed E-state index contributed by atoms with van der Waals surface area (Å²) in [6.45, 7) is 2.75. The SMILES string of the molecule is COc1cc(OC)cc(C(=O)N2CC(C)CC(C(=O)O)C2)c1. The molecule has 0 aromatic heterocycles. The van der Waals surface area contributed by atoms with Gasteiger partial charge in [-0.1, -0.05) is 6.92 Å². The molecule has 6 nitrogen and oxygen atoms in total. The fourth-order valence-corrected chi connectivity index (χ4v) is 2.81. The molecule has 2 unspecified atom stereocenters. The highest BCUT2D eigenvalue weighted by Gasteiger charge is 2.32. The van der Waals surface area contributed by atoms with E-state index in [4.69, 9.17) is 9.47 Å². The molecule has 0 saturated carbocycles. The molecule has 2 rings (SSSR count). The van der Waals surface area contributed by atoms with Crippen LogP contribution in [0.5, 0.6) is 11.5 Å². The zero-order valence-electron chi connectivity index (χ0n) is 13.0. The molecule has 22 heavy (non-hydrogen) atoms. The van der Waals surface area contributed by atoms with Gasteiger partial charge in [-0.15, -0.1) is 0 Å². The summed E-state index contributed by atoms with van der Waals surface area (Å²) in [4.78, 5) is 25.5. The molecule has 0 spiro atoms. The second-order valence-electron chi connectivity index (χ2n) is 5.69. The first-order valence-electron chi connectivity index (χ1n) is 7.19. The van der Waals surface area contributed by atoms with Crippen molar-refractivity contribution in [3.05, 3.63) is 23.8 Å². The quantitative estimate of drug-likeness (QED) is 0.919. The average Bonchev–Trinajstić information content (AvgIpc) is 2.52. The summed E-state index contributed by atoms with van der Waals surface area (Å²) in [5.74, 6) is -0.348. The number of benzene rings is 1. The number of ether oxygens (including phenoxy) is 2. The van der Waals surface area contributed by atoms with Crippen molar-refractivity contribution in [3.8, 4) is 11.5 Å². The van der Waals surface area contributed by atoms with E-state index in [1.54, 1.807) is 23.1 Å². The minimum Gasteiger partial charge on any atom is -0.497 e. The maximum Gasteiger partial charge on any atom is 0.308 e. The molecule has 1 aromatic rings. The second kappa shape index (κ2) is 6.68. The van der Waals surface area contributed by atoms with E-state index in [2.05, 4.69) is 0 Å². The number of carboxylic acid groups (broad SMARTS) is 1. The van der Waals surface area contributed by atoms with Crippen molar-refractivity contribution in [2.45, 2.75) is 13.3 Å². The minimum atomic E-state index is -0.854. The normalized spacial score (nSPS) is 21.3. The number of rotatable bonds is 4. The highest BCUT2D eigenvalue weighted by atomic mass is 16.5. The summed E-state index contributed by atoms with van der Waals surface area (Å²) in [6.07, 6.45) is 0.598. The number of amides is 1. The van der Waals surface area contributed by atoms with Crippen molar-refractivity contribution in [3.63, 3.8) is 0 Å². The fraction of sp³-hybridized carbons (Fsp3) is 0.500. The van der Waals surface area contributed by atoms with Crippen molar-refractivity contribution in [1.82, 2.24) is 4.90 Å². The van der Waals surface area contributed by atoms with Gasteiger partial charge in [-0.2, -0.15) is 0 Å². The van der Waals surface area contributed by atoms with E-state index in [9.17, 15) is 14.7 Å². The van der Waals surface area contributed by atoms with Crippen molar-refractivity contribution in [2.75, 3.05) is 27.3 Å². The highest BCUT2D eigenvalue weighted by Crippen LogP contribution is 2.27. The molecule has 1 aromatic carbocycles. The van der Waals surface area contributed by atoms with E-state index in [0.29, 0.717) is 30.0 Å². The van der Waals surface area contributed by atoms with E-state index < -0.39 is 11.9 Å². The lowest BCUT2D eigenvalue weighted by molar-refractivity contribution is -0.143. The van der Waals surface area contributed by atoms with Gasteiger partial charge in [0.1, 0.15) is 11.5 Å². The van der Waals surface area contributed by atoms with Crippen molar-refractivity contribution < 1.29 is 24.2 Å². The molecule has 0 radical (unpaired) electrons. The third-order valence-corrected chi connectivity index (χ3v) is 3.89. The Kier molecular flexibility index (Phi) is 4.90. The van der Waals surface area contributed by atoms with Crippen LogP contribution < -0.4 is 9.47 Å². The van der Waals surface area contributed by atoms with Crippen LogP contribution in [0.1, 0.15) is 23.7 Å². The Bertz CT molecular complexity index is 549. The summed E-state index contributed by atoms with van der Waals surface area (Å²) in [7, 11) is 3.04. The van der Waals surface area contributed by atoms with Crippen LogP contribution in [0, 0.1) is 11.8 Å². The molecule has 1 aliphatic rings. The summed E-state index contributed by atoms with van der Waals surface area (Å²) < 4.78 is 10.3. The van der Waals surface area contributed by atoms with Crippen LogP contribution in [0.4, 0.5) is 0 Å². The van der Waals surface area contributed by atoms with Gasteiger partial charge in [0.15, 0.2) is 0 Å². The number of aliphatic carboxylic acids is 1. The number of likely N-dealkylation sites (tertiary alicyclic amines) is 1. The van der Waals surface area contributed by atoms with Gasteiger partial charge in [-0.05, 0) is 24.5 Å². The molecular weight excluding hydrogens is 286 g/mol. The Balaban J connectivity index is 2.25. The summed E-state index contributed by atoms with van der Waals surface area (Å²) >= 11 is 0. The Morgan fingerprint density at radius 1 is 1.14 bits per heavy atom. The van der Waals surface area contributed by atoms with Gasteiger partial charge in [0.2, 0.25) is 0 Å².